The fourth-order valence-corrected chi connectivity index (χ4v) is 5.72. The quantitative estimate of drug-likeness (QED) is 0.237. The van der Waals surface area contributed by atoms with Crippen LogP contribution in [0.15, 0.2) is 59.1 Å². The van der Waals surface area contributed by atoms with E-state index in [1.807, 2.05) is 44.2 Å². The Kier molecular flexibility index (Phi) is 9.12. The minimum absolute atomic E-state index is 0.0538. The van der Waals surface area contributed by atoms with Crippen molar-refractivity contribution in [3.63, 3.8) is 0 Å². The Hall–Kier alpha value is -3.88. The van der Waals surface area contributed by atoms with Gasteiger partial charge >= 0.3 is 5.97 Å². The number of primary sulfonamides is 1. The molecule has 0 aliphatic rings. The van der Waals surface area contributed by atoms with Crippen molar-refractivity contribution < 1.29 is 27.5 Å². The molecule has 0 bridgehead atoms. The van der Waals surface area contributed by atoms with E-state index >= 15 is 0 Å². The van der Waals surface area contributed by atoms with Crippen molar-refractivity contribution in [2.75, 3.05) is 6.61 Å². The van der Waals surface area contributed by atoms with Crippen molar-refractivity contribution in [3.05, 3.63) is 66.0 Å². The summed E-state index contributed by atoms with van der Waals surface area (Å²) in [5, 5.41) is 16.3. The third-order valence-electron chi connectivity index (χ3n) is 5.88. The molecule has 0 radical (unpaired) electrons. The van der Waals surface area contributed by atoms with Crippen molar-refractivity contribution >= 4 is 43.5 Å². The molecular formula is C26H30N6O6S2. The summed E-state index contributed by atoms with van der Waals surface area (Å²) in [6.07, 6.45) is 1.90. The second-order valence-electron chi connectivity index (χ2n) is 9.32. The van der Waals surface area contributed by atoms with Gasteiger partial charge in [0.2, 0.25) is 10.2 Å². The van der Waals surface area contributed by atoms with E-state index in [4.69, 9.17) is 14.6 Å². The molecule has 2 aromatic carbocycles. The molecule has 4 rings (SSSR count). The van der Waals surface area contributed by atoms with Gasteiger partial charge in [0.25, 0.3) is 10.0 Å². The summed E-state index contributed by atoms with van der Waals surface area (Å²) in [6, 6.07) is 12.7. The molecule has 3 N–H and O–H groups in total. The molecule has 0 spiro atoms. The van der Waals surface area contributed by atoms with Crippen LogP contribution in [0.4, 0.5) is 0 Å². The van der Waals surface area contributed by atoms with Gasteiger partial charge in [-0.3, -0.25) is 4.79 Å². The van der Waals surface area contributed by atoms with Crippen LogP contribution in [0.5, 0.6) is 5.75 Å². The third kappa shape index (κ3) is 7.20. The molecule has 0 aliphatic heterocycles. The van der Waals surface area contributed by atoms with Gasteiger partial charge in [0, 0.05) is 6.42 Å². The lowest BCUT2D eigenvalue weighted by atomic mass is 10.0. The molecule has 2 aromatic heterocycles. The van der Waals surface area contributed by atoms with Gasteiger partial charge in [-0.2, -0.15) is 0 Å². The van der Waals surface area contributed by atoms with E-state index in [0.29, 0.717) is 21.7 Å². The molecule has 0 saturated heterocycles. The van der Waals surface area contributed by atoms with E-state index in [1.165, 1.54) is 4.68 Å². The number of hydrogen-bond acceptors (Lipinski definition) is 10. The lowest BCUT2D eigenvalue weighted by Gasteiger charge is -2.24. The number of benzene rings is 2. The average Bonchev–Trinajstić information content (AvgIpc) is 3.54. The number of nitrogens with one attached hydrogen (secondary N) is 1. The van der Waals surface area contributed by atoms with Crippen LogP contribution in [0.2, 0.25) is 0 Å². The molecule has 4 aromatic rings. The van der Waals surface area contributed by atoms with Gasteiger partial charge in [0.05, 0.1) is 23.0 Å². The molecule has 14 heteroatoms. The first-order valence-electron chi connectivity index (χ1n) is 12.5. The molecule has 1 amide bonds. The molecule has 12 nitrogen and oxygen atoms in total. The number of ether oxygens (including phenoxy) is 2. The molecule has 0 saturated carbocycles. The Bertz CT molecular complexity index is 1590. The summed E-state index contributed by atoms with van der Waals surface area (Å²) in [6.45, 7) is 5.71. The largest absolute Gasteiger partial charge is 0.487 e. The molecule has 2 atom stereocenters. The number of hydrogen-bond donors (Lipinski definition) is 2. The van der Waals surface area contributed by atoms with Crippen molar-refractivity contribution in [1.29, 1.82) is 0 Å². The zero-order chi connectivity index (χ0) is 28.9. The number of sulfonamides is 1. The zero-order valence-electron chi connectivity index (χ0n) is 22.2. The van der Waals surface area contributed by atoms with Crippen LogP contribution in [0, 0.1) is 5.92 Å². The highest BCUT2D eigenvalue weighted by Gasteiger charge is 2.30. The van der Waals surface area contributed by atoms with Gasteiger partial charge in [-0.25, -0.2) is 28.0 Å². The third-order valence-corrected chi connectivity index (χ3v) is 8.22. The van der Waals surface area contributed by atoms with Crippen molar-refractivity contribution in [3.8, 4) is 5.75 Å². The predicted octanol–water partition coefficient (Wildman–Crippen LogP) is 2.60. The maximum absolute atomic E-state index is 13.4. The Morgan fingerprint density at radius 2 is 1.90 bits per heavy atom. The number of nitrogens with two attached hydrogens (primary N) is 1. The minimum Gasteiger partial charge on any atom is -0.487 e. The standard InChI is InChI=1S/C26H30N6O6S2/c1-4-37-25(34)21(12-17-8-6-5-7-9-17)28-24(33)23(16(2)3)32-14-18(30-31-32)15-38-19-10-11-20-22(13-19)39-26(29-20)40(27,35)36/h5-11,13-14,16,21,23H,4,12,15H2,1-3H3,(H,28,33)(H2,27,35,36). The summed E-state index contributed by atoms with van der Waals surface area (Å²) in [5.74, 6) is -0.591. The van der Waals surface area contributed by atoms with Crippen LogP contribution in [0.25, 0.3) is 10.2 Å². The fraction of sp³-hybridized carbons (Fsp3) is 0.346. The summed E-state index contributed by atoms with van der Waals surface area (Å²) in [4.78, 5) is 30.0. The fourth-order valence-electron chi connectivity index (χ4n) is 4.04. The molecule has 2 unspecified atom stereocenters. The second-order valence-corrected chi connectivity index (χ2v) is 12.1. The van der Waals surface area contributed by atoms with Gasteiger partial charge in [0.1, 0.15) is 30.1 Å². The minimum atomic E-state index is -3.90. The van der Waals surface area contributed by atoms with Crippen LogP contribution in [0.3, 0.4) is 0 Å². The van der Waals surface area contributed by atoms with Crippen molar-refractivity contribution in [2.45, 2.75) is 50.2 Å². The lowest BCUT2D eigenvalue weighted by Crippen LogP contribution is -2.47. The van der Waals surface area contributed by atoms with Crippen LogP contribution in [0.1, 0.15) is 38.1 Å². The maximum atomic E-state index is 13.4. The van der Waals surface area contributed by atoms with E-state index in [1.54, 1.807) is 31.3 Å². The summed E-state index contributed by atoms with van der Waals surface area (Å²) < 4.78 is 36.1. The van der Waals surface area contributed by atoms with Crippen molar-refractivity contribution in [2.24, 2.45) is 11.1 Å². The van der Waals surface area contributed by atoms with E-state index in [2.05, 4.69) is 20.6 Å². The molecular weight excluding hydrogens is 556 g/mol. The first kappa shape index (κ1) is 29.1. The number of nitrogens with zero attached hydrogens (tertiary/aromatic N) is 4. The highest BCUT2D eigenvalue weighted by molar-refractivity contribution is 7.91. The number of carbonyl (C=O) groups is 2. The van der Waals surface area contributed by atoms with Gasteiger partial charge < -0.3 is 14.8 Å². The monoisotopic (exact) mass is 586 g/mol. The number of rotatable bonds is 12. The number of aromatic nitrogens is 4. The highest BCUT2D eigenvalue weighted by atomic mass is 32.2. The number of esters is 1. The Balaban J connectivity index is 1.45. The predicted molar refractivity (Wildman–Crippen MR) is 148 cm³/mol. The molecule has 0 fully saturated rings. The molecule has 0 aliphatic carbocycles. The number of fused-ring (bicyclic) bond motifs is 1. The summed E-state index contributed by atoms with van der Waals surface area (Å²) >= 11 is 0.951. The number of amides is 1. The maximum Gasteiger partial charge on any atom is 0.328 e. The van der Waals surface area contributed by atoms with E-state index < -0.39 is 28.1 Å². The Morgan fingerprint density at radius 3 is 2.58 bits per heavy atom. The second kappa shape index (κ2) is 12.5. The van der Waals surface area contributed by atoms with E-state index in [0.717, 1.165) is 16.9 Å². The average molecular weight is 587 g/mol. The number of thiazole rings is 1. The lowest BCUT2D eigenvalue weighted by molar-refractivity contribution is -0.148. The zero-order valence-corrected chi connectivity index (χ0v) is 23.8. The Morgan fingerprint density at radius 1 is 1.15 bits per heavy atom. The van der Waals surface area contributed by atoms with E-state index in [-0.39, 0.29) is 35.8 Å². The first-order valence-corrected chi connectivity index (χ1v) is 14.9. The van der Waals surface area contributed by atoms with Crippen LogP contribution >= 0.6 is 11.3 Å². The van der Waals surface area contributed by atoms with Gasteiger partial charge in [-0.1, -0.05) is 49.4 Å². The molecule has 2 heterocycles. The molecule has 40 heavy (non-hydrogen) atoms. The number of carbonyl (C=O) groups excluding carboxylic acids is 2. The van der Waals surface area contributed by atoms with Crippen molar-refractivity contribution in [1.82, 2.24) is 25.3 Å². The van der Waals surface area contributed by atoms with Crippen LogP contribution < -0.4 is 15.2 Å². The molecule has 212 valence electrons. The summed E-state index contributed by atoms with van der Waals surface area (Å²) in [5.41, 5.74) is 1.85. The van der Waals surface area contributed by atoms with Crippen LogP contribution in [-0.4, -0.2) is 52.9 Å². The smallest absolute Gasteiger partial charge is 0.328 e. The SMILES string of the molecule is CCOC(=O)C(Cc1ccccc1)NC(=O)C(C(C)C)n1cc(COc2ccc3nc(S(N)(=O)=O)sc3c2)nn1. The topological polar surface area (TPSA) is 168 Å². The Labute approximate surface area is 235 Å². The first-order chi connectivity index (χ1) is 19.0. The van der Waals surface area contributed by atoms with E-state index in [9.17, 15) is 18.0 Å². The van der Waals surface area contributed by atoms with Gasteiger partial charge in [0.15, 0.2) is 0 Å². The van der Waals surface area contributed by atoms with Crippen LogP contribution in [-0.2, 0) is 37.4 Å². The van der Waals surface area contributed by atoms with Gasteiger partial charge in [-0.05, 0) is 36.6 Å². The summed E-state index contributed by atoms with van der Waals surface area (Å²) in [7, 11) is -3.90. The normalized spacial score (nSPS) is 13.2. The highest BCUT2D eigenvalue weighted by Crippen LogP contribution is 2.28. The van der Waals surface area contributed by atoms with Gasteiger partial charge in [-0.15, -0.1) is 16.4 Å².